The molecule has 3 rings (SSSR count). The Hall–Kier alpha value is -3.32. The van der Waals surface area contributed by atoms with Crippen LogP contribution < -0.4 is 4.74 Å². The number of nitro groups is 1. The van der Waals surface area contributed by atoms with Gasteiger partial charge in [-0.15, -0.1) is 11.8 Å². The number of carbonyl (C=O) groups excluding carboxylic acids is 1. The smallest absolute Gasteiger partial charge is 0.315 e. The number of hydrogen-bond donors (Lipinski definition) is 0. The lowest BCUT2D eigenvalue weighted by Crippen LogP contribution is -2.04. The minimum absolute atomic E-state index is 0.00642. The Morgan fingerprint density at radius 2 is 1.70 bits per heavy atom. The van der Waals surface area contributed by atoms with Gasteiger partial charge < -0.3 is 9.47 Å². The summed E-state index contributed by atoms with van der Waals surface area (Å²) < 4.78 is 10.4. The van der Waals surface area contributed by atoms with Crippen molar-refractivity contribution in [2.45, 2.75) is 12.4 Å². The predicted octanol–water partition coefficient (Wildman–Crippen LogP) is 5.25. The topological polar surface area (TPSA) is 78.7 Å². The van der Waals surface area contributed by atoms with Gasteiger partial charge in [-0.25, -0.2) is 0 Å². The number of hydrogen-bond acceptors (Lipinski definition) is 6. The van der Waals surface area contributed by atoms with Crippen LogP contribution in [0.1, 0.15) is 11.1 Å². The Morgan fingerprint density at radius 3 is 2.37 bits per heavy atom. The first-order chi connectivity index (χ1) is 14.6. The fourth-order valence-electron chi connectivity index (χ4n) is 2.84. The number of esters is 1. The largest absolute Gasteiger partial charge is 0.489 e. The van der Waals surface area contributed by atoms with Gasteiger partial charge in [0.2, 0.25) is 0 Å². The van der Waals surface area contributed by atoms with E-state index in [4.69, 9.17) is 4.74 Å². The van der Waals surface area contributed by atoms with E-state index < -0.39 is 4.92 Å². The van der Waals surface area contributed by atoms with E-state index in [2.05, 4.69) is 16.9 Å². The van der Waals surface area contributed by atoms with Gasteiger partial charge in [0.1, 0.15) is 12.4 Å². The molecule has 0 saturated heterocycles. The lowest BCUT2D eigenvalue weighted by atomic mass is 10.0. The van der Waals surface area contributed by atoms with E-state index in [0.717, 1.165) is 16.7 Å². The number of carbonyl (C=O) groups is 1. The molecule has 30 heavy (non-hydrogen) atoms. The quantitative estimate of drug-likeness (QED) is 0.266. The zero-order valence-corrected chi connectivity index (χ0v) is 17.3. The molecule has 0 heterocycles. The summed E-state index contributed by atoms with van der Waals surface area (Å²) in [6.07, 6.45) is 0. The third-order valence-electron chi connectivity index (χ3n) is 4.42. The van der Waals surface area contributed by atoms with Crippen molar-refractivity contribution in [3.63, 3.8) is 0 Å². The van der Waals surface area contributed by atoms with Crippen LogP contribution in [0.15, 0.2) is 72.8 Å². The molecule has 0 unspecified atom stereocenters. The second kappa shape index (κ2) is 10.5. The molecule has 6 nitrogen and oxygen atoms in total. The van der Waals surface area contributed by atoms with Crippen LogP contribution >= 0.6 is 11.8 Å². The Labute approximate surface area is 179 Å². The summed E-state index contributed by atoms with van der Waals surface area (Å²) in [5.41, 5.74) is 3.78. The van der Waals surface area contributed by atoms with Gasteiger partial charge in [-0.1, -0.05) is 54.6 Å². The van der Waals surface area contributed by atoms with Crippen LogP contribution in [0.25, 0.3) is 11.1 Å². The molecule has 3 aromatic carbocycles. The Bertz CT molecular complexity index is 1010. The maximum atomic E-state index is 11.3. The first-order valence-corrected chi connectivity index (χ1v) is 10.4. The van der Waals surface area contributed by atoms with Gasteiger partial charge in [-0.2, -0.15) is 0 Å². The summed E-state index contributed by atoms with van der Waals surface area (Å²) in [5.74, 6) is 0.622. The van der Waals surface area contributed by atoms with E-state index in [9.17, 15) is 14.9 Å². The molecule has 154 valence electrons. The van der Waals surface area contributed by atoms with Crippen LogP contribution in [0.2, 0.25) is 0 Å². The molecule has 0 saturated carbocycles. The maximum Gasteiger partial charge on any atom is 0.315 e. The fourth-order valence-corrected chi connectivity index (χ4v) is 3.68. The highest BCUT2D eigenvalue weighted by Gasteiger charge is 2.15. The van der Waals surface area contributed by atoms with Crippen LogP contribution in [0.4, 0.5) is 5.69 Å². The van der Waals surface area contributed by atoms with Crippen molar-refractivity contribution in [2.24, 2.45) is 0 Å². The average Bonchev–Trinajstić information content (AvgIpc) is 2.78. The van der Waals surface area contributed by atoms with E-state index in [1.165, 1.54) is 24.9 Å². The van der Waals surface area contributed by atoms with Crippen molar-refractivity contribution < 1.29 is 19.2 Å². The van der Waals surface area contributed by atoms with Crippen molar-refractivity contribution in [3.8, 4) is 16.9 Å². The lowest BCUT2D eigenvalue weighted by Gasteiger charge is -2.10. The zero-order valence-electron chi connectivity index (χ0n) is 16.4. The van der Waals surface area contributed by atoms with Crippen LogP contribution in [-0.4, -0.2) is 23.8 Å². The number of ether oxygens (including phenoxy) is 2. The minimum Gasteiger partial charge on any atom is -0.489 e. The van der Waals surface area contributed by atoms with Crippen LogP contribution in [0, 0.1) is 10.1 Å². The molecular weight excluding hydrogens is 402 g/mol. The summed E-state index contributed by atoms with van der Waals surface area (Å²) in [6, 6.07) is 22.9. The molecule has 0 aliphatic heterocycles. The SMILES string of the molecule is COC(=O)CSCc1cc(OCc2ccc(-c3ccccc3)cc2)ccc1[N+](=O)[O-]. The third-order valence-corrected chi connectivity index (χ3v) is 5.37. The second-order valence-electron chi connectivity index (χ2n) is 6.47. The number of benzene rings is 3. The summed E-state index contributed by atoms with van der Waals surface area (Å²) in [5, 5.41) is 11.3. The van der Waals surface area contributed by atoms with Gasteiger partial charge in [0.05, 0.1) is 17.8 Å². The van der Waals surface area contributed by atoms with Gasteiger partial charge in [-0.05, 0) is 28.8 Å². The summed E-state index contributed by atoms with van der Waals surface area (Å²) in [4.78, 5) is 22.1. The van der Waals surface area contributed by atoms with Crippen molar-refractivity contribution in [3.05, 3.63) is 94.0 Å². The third kappa shape index (κ3) is 5.84. The minimum atomic E-state index is -0.430. The Morgan fingerprint density at radius 1 is 1.00 bits per heavy atom. The molecule has 7 heteroatoms. The first-order valence-electron chi connectivity index (χ1n) is 9.26. The molecule has 0 radical (unpaired) electrons. The van der Waals surface area contributed by atoms with Gasteiger partial charge in [0.25, 0.3) is 5.69 Å². The molecule has 0 amide bonds. The molecule has 0 aliphatic rings. The van der Waals surface area contributed by atoms with Crippen LogP contribution in [0.5, 0.6) is 5.75 Å². The van der Waals surface area contributed by atoms with E-state index in [1.54, 1.807) is 12.1 Å². The summed E-state index contributed by atoms with van der Waals surface area (Å²) in [6.45, 7) is 0.349. The highest BCUT2D eigenvalue weighted by Crippen LogP contribution is 2.28. The van der Waals surface area contributed by atoms with Crippen LogP contribution in [0.3, 0.4) is 0 Å². The van der Waals surface area contributed by atoms with Gasteiger partial charge in [0.15, 0.2) is 0 Å². The van der Waals surface area contributed by atoms with Crippen molar-refractivity contribution in [1.29, 1.82) is 0 Å². The molecule has 0 aliphatic carbocycles. The molecule has 0 N–H and O–H groups in total. The first kappa shape index (κ1) is 21.4. The number of nitrogens with zero attached hydrogens (tertiary/aromatic N) is 1. The molecule has 0 atom stereocenters. The van der Waals surface area contributed by atoms with Gasteiger partial charge >= 0.3 is 5.97 Å². The second-order valence-corrected chi connectivity index (χ2v) is 7.45. The molecule has 0 fully saturated rings. The van der Waals surface area contributed by atoms with E-state index in [-0.39, 0.29) is 17.4 Å². The molecule has 3 aromatic rings. The zero-order chi connectivity index (χ0) is 21.3. The lowest BCUT2D eigenvalue weighted by molar-refractivity contribution is -0.385. The molecule has 0 spiro atoms. The summed E-state index contributed by atoms with van der Waals surface area (Å²) in [7, 11) is 1.31. The maximum absolute atomic E-state index is 11.3. The standard InChI is InChI=1S/C23H21NO5S/c1-28-23(25)16-30-15-20-13-21(11-12-22(20)24(26)27)29-14-17-7-9-19(10-8-17)18-5-3-2-4-6-18/h2-13H,14-16H2,1H3. The normalized spacial score (nSPS) is 10.4. The number of rotatable bonds is 9. The van der Waals surface area contributed by atoms with E-state index >= 15 is 0 Å². The van der Waals surface area contributed by atoms with Crippen LogP contribution in [-0.2, 0) is 21.9 Å². The monoisotopic (exact) mass is 423 g/mol. The van der Waals surface area contributed by atoms with E-state index in [0.29, 0.717) is 23.7 Å². The van der Waals surface area contributed by atoms with E-state index in [1.807, 2.05) is 42.5 Å². The van der Waals surface area contributed by atoms with Crippen molar-refractivity contribution >= 4 is 23.4 Å². The Balaban J connectivity index is 1.65. The van der Waals surface area contributed by atoms with Gasteiger partial charge in [-0.3, -0.25) is 14.9 Å². The van der Waals surface area contributed by atoms with Crippen molar-refractivity contribution in [2.75, 3.05) is 12.9 Å². The number of nitro benzene ring substituents is 1. The highest BCUT2D eigenvalue weighted by molar-refractivity contribution is 7.99. The summed E-state index contributed by atoms with van der Waals surface area (Å²) >= 11 is 1.26. The average molecular weight is 423 g/mol. The Kier molecular flexibility index (Phi) is 7.45. The molecular formula is C23H21NO5S. The fraction of sp³-hybridized carbons (Fsp3) is 0.174. The number of thioether (sulfide) groups is 1. The number of methoxy groups -OCH3 is 1. The van der Waals surface area contributed by atoms with Gasteiger partial charge in [0, 0.05) is 17.4 Å². The molecule has 0 bridgehead atoms. The highest BCUT2D eigenvalue weighted by atomic mass is 32.2. The van der Waals surface area contributed by atoms with Crippen molar-refractivity contribution in [1.82, 2.24) is 0 Å². The molecule has 0 aromatic heterocycles. The predicted molar refractivity (Wildman–Crippen MR) is 117 cm³/mol.